The number of amides is 1. The van der Waals surface area contributed by atoms with Crippen LogP contribution in [0.3, 0.4) is 0 Å². The van der Waals surface area contributed by atoms with Crippen molar-refractivity contribution in [1.29, 1.82) is 0 Å². The van der Waals surface area contributed by atoms with E-state index < -0.39 is 39.9 Å². The zero-order valence-corrected chi connectivity index (χ0v) is 10.5. The molecule has 1 fully saturated rings. The summed E-state index contributed by atoms with van der Waals surface area (Å²) in [6.45, 7) is 0.685. The number of nitro benzene ring substituents is 1. The van der Waals surface area contributed by atoms with E-state index in [-0.39, 0.29) is 0 Å². The molecule has 1 aliphatic rings. The van der Waals surface area contributed by atoms with Gasteiger partial charge in [0.1, 0.15) is 5.82 Å². The molecule has 0 saturated carbocycles. The van der Waals surface area contributed by atoms with Crippen molar-refractivity contribution in [3.05, 3.63) is 33.9 Å². The molecule has 2 rings (SSSR count). The number of nitrogens with zero attached hydrogens (tertiary/aromatic N) is 1. The number of rotatable bonds is 3. The zero-order valence-electron chi connectivity index (χ0n) is 10.5. The Morgan fingerprint density at radius 3 is 2.70 bits per heavy atom. The number of piperidine rings is 1. The maximum absolute atomic E-state index is 13.5. The van der Waals surface area contributed by atoms with Crippen molar-refractivity contribution in [1.82, 2.24) is 5.32 Å². The van der Waals surface area contributed by atoms with Crippen molar-refractivity contribution in [3.63, 3.8) is 0 Å². The molecule has 0 bridgehead atoms. The first-order valence-corrected chi connectivity index (χ1v) is 6.16. The molecule has 0 radical (unpaired) electrons. The molecule has 0 unspecified atom stereocenters. The average molecular weight is 285 g/mol. The third kappa shape index (κ3) is 3.08. The van der Waals surface area contributed by atoms with Crippen LogP contribution in [-0.2, 0) is 4.79 Å². The normalized spacial score (nSPS) is 18.6. The number of anilines is 1. The first-order valence-electron chi connectivity index (χ1n) is 6.16. The predicted octanol–water partition coefficient (Wildman–Crippen LogP) is 1.95. The van der Waals surface area contributed by atoms with Crippen LogP contribution in [0, 0.1) is 21.7 Å². The van der Waals surface area contributed by atoms with Gasteiger partial charge in [-0.15, -0.1) is 0 Å². The first kappa shape index (κ1) is 14.3. The number of hydrogen-bond acceptors (Lipinski definition) is 4. The Bertz CT molecular complexity index is 545. The maximum Gasteiger partial charge on any atom is 0.307 e. The van der Waals surface area contributed by atoms with Gasteiger partial charge in [-0.3, -0.25) is 14.9 Å². The van der Waals surface area contributed by atoms with Crippen LogP contribution in [0.1, 0.15) is 19.3 Å². The van der Waals surface area contributed by atoms with Crippen LogP contribution in [0.25, 0.3) is 0 Å². The molecule has 1 atom stereocenters. The topological polar surface area (TPSA) is 84.3 Å². The minimum Gasteiger partial charge on any atom is -0.322 e. The Hall–Kier alpha value is -2.09. The fraction of sp³-hybridized carbons (Fsp3) is 0.417. The van der Waals surface area contributed by atoms with E-state index in [4.69, 9.17) is 0 Å². The average Bonchev–Trinajstić information content (AvgIpc) is 2.42. The second-order valence-electron chi connectivity index (χ2n) is 4.53. The zero-order chi connectivity index (χ0) is 14.7. The first-order chi connectivity index (χ1) is 9.49. The molecule has 108 valence electrons. The predicted molar refractivity (Wildman–Crippen MR) is 67.3 cm³/mol. The Balaban J connectivity index is 2.18. The van der Waals surface area contributed by atoms with Gasteiger partial charge < -0.3 is 10.6 Å². The lowest BCUT2D eigenvalue weighted by molar-refractivity contribution is -0.387. The molecule has 0 spiro atoms. The number of nitrogens with one attached hydrogen (secondary N) is 2. The highest BCUT2D eigenvalue weighted by molar-refractivity contribution is 5.95. The highest BCUT2D eigenvalue weighted by Gasteiger charge is 2.24. The number of nitro groups is 1. The standard InChI is InChI=1S/C12H13F2N3O3/c13-7-5-8(14)11(17(19)20)6-10(7)16-12(18)9-3-1-2-4-15-9/h5-6,9,15H,1-4H2,(H,16,18)/t9-/m1/s1. The number of benzene rings is 1. The van der Waals surface area contributed by atoms with Crippen molar-refractivity contribution < 1.29 is 18.5 Å². The fourth-order valence-electron chi connectivity index (χ4n) is 2.07. The van der Waals surface area contributed by atoms with Crippen LogP contribution in [0.15, 0.2) is 12.1 Å². The quantitative estimate of drug-likeness (QED) is 0.656. The van der Waals surface area contributed by atoms with Gasteiger partial charge in [-0.1, -0.05) is 6.42 Å². The van der Waals surface area contributed by atoms with Crippen LogP contribution in [-0.4, -0.2) is 23.4 Å². The summed E-state index contributed by atoms with van der Waals surface area (Å²) in [5, 5.41) is 15.8. The van der Waals surface area contributed by atoms with Gasteiger partial charge in [0, 0.05) is 12.1 Å². The summed E-state index contributed by atoms with van der Waals surface area (Å²) in [6, 6.07) is 0.611. The Morgan fingerprint density at radius 1 is 1.35 bits per heavy atom. The molecule has 1 aliphatic heterocycles. The molecule has 6 nitrogen and oxygen atoms in total. The molecule has 8 heteroatoms. The Morgan fingerprint density at radius 2 is 2.10 bits per heavy atom. The van der Waals surface area contributed by atoms with E-state index in [1.54, 1.807) is 0 Å². The number of halogens is 2. The molecule has 1 saturated heterocycles. The third-order valence-corrected chi connectivity index (χ3v) is 3.12. The van der Waals surface area contributed by atoms with Gasteiger partial charge >= 0.3 is 5.69 Å². The summed E-state index contributed by atoms with van der Waals surface area (Å²) in [6.07, 6.45) is 2.44. The van der Waals surface area contributed by atoms with Gasteiger partial charge in [-0.25, -0.2) is 4.39 Å². The number of hydrogen-bond donors (Lipinski definition) is 2. The summed E-state index contributed by atoms with van der Waals surface area (Å²) in [5.74, 6) is -2.80. The molecule has 20 heavy (non-hydrogen) atoms. The largest absolute Gasteiger partial charge is 0.322 e. The molecule has 2 N–H and O–H groups in total. The van der Waals surface area contributed by atoms with Crippen molar-refractivity contribution >= 4 is 17.3 Å². The lowest BCUT2D eigenvalue weighted by atomic mass is 10.0. The molecule has 0 aromatic heterocycles. The van der Waals surface area contributed by atoms with E-state index in [1.165, 1.54) is 0 Å². The molecular weight excluding hydrogens is 272 g/mol. The Kier molecular flexibility index (Phi) is 4.23. The fourth-order valence-corrected chi connectivity index (χ4v) is 2.07. The van der Waals surface area contributed by atoms with E-state index in [9.17, 15) is 23.7 Å². The maximum atomic E-state index is 13.5. The van der Waals surface area contributed by atoms with E-state index in [2.05, 4.69) is 10.6 Å². The van der Waals surface area contributed by atoms with Crippen molar-refractivity contribution in [2.75, 3.05) is 11.9 Å². The van der Waals surface area contributed by atoms with Crippen LogP contribution in [0.5, 0.6) is 0 Å². The lowest BCUT2D eigenvalue weighted by Crippen LogP contribution is -2.43. The monoisotopic (exact) mass is 285 g/mol. The summed E-state index contributed by atoms with van der Waals surface area (Å²) in [7, 11) is 0. The van der Waals surface area contributed by atoms with Crippen LogP contribution in [0.4, 0.5) is 20.2 Å². The van der Waals surface area contributed by atoms with E-state index in [1.807, 2.05) is 0 Å². The molecule has 1 heterocycles. The van der Waals surface area contributed by atoms with Gasteiger partial charge in [0.25, 0.3) is 0 Å². The van der Waals surface area contributed by atoms with E-state index >= 15 is 0 Å². The van der Waals surface area contributed by atoms with Crippen molar-refractivity contribution in [3.8, 4) is 0 Å². The molecule has 1 aromatic rings. The van der Waals surface area contributed by atoms with Gasteiger partial charge in [0.2, 0.25) is 11.7 Å². The Labute approximate surface area is 113 Å². The minimum atomic E-state index is -1.28. The number of carbonyl (C=O) groups is 1. The van der Waals surface area contributed by atoms with E-state index in [0.717, 1.165) is 12.8 Å². The van der Waals surface area contributed by atoms with Crippen LogP contribution < -0.4 is 10.6 Å². The second kappa shape index (κ2) is 5.91. The van der Waals surface area contributed by atoms with Gasteiger partial charge in [-0.2, -0.15) is 4.39 Å². The van der Waals surface area contributed by atoms with Gasteiger partial charge in [0.05, 0.1) is 16.7 Å². The highest BCUT2D eigenvalue weighted by atomic mass is 19.1. The van der Waals surface area contributed by atoms with E-state index in [0.29, 0.717) is 25.1 Å². The summed E-state index contributed by atoms with van der Waals surface area (Å²) in [5.41, 5.74) is -1.27. The summed E-state index contributed by atoms with van der Waals surface area (Å²) in [4.78, 5) is 21.5. The lowest BCUT2D eigenvalue weighted by Gasteiger charge is -2.22. The van der Waals surface area contributed by atoms with Crippen molar-refractivity contribution in [2.24, 2.45) is 0 Å². The smallest absolute Gasteiger partial charge is 0.307 e. The summed E-state index contributed by atoms with van der Waals surface area (Å²) < 4.78 is 26.7. The number of carbonyl (C=O) groups excluding carboxylic acids is 1. The molecule has 1 amide bonds. The SMILES string of the molecule is O=C(Nc1cc([N+](=O)[O-])c(F)cc1F)[C@H]1CCCCN1. The van der Waals surface area contributed by atoms with Crippen molar-refractivity contribution in [2.45, 2.75) is 25.3 Å². The molecule has 1 aromatic carbocycles. The minimum absolute atomic E-state index is 0.391. The highest BCUT2D eigenvalue weighted by Crippen LogP contribution is 2.25. The van der Waals surface area contributed by atoms with Gasteiger partial charge in [0.15, 0.2) is 0 Å². The summed E-state index contributed by atoms with van der Waals surface area (Å²) >= 11 is 0. The second-order valence-corrected chi connectivity index (χ2v) is 4.53. The van der Waals surface area contributed by atoms with Crippen LogP contribution in [0.2, 0.25) is 0 Å². The molecular formula is C12H13F2N3O3. The molecule has 0 aliphatic carbocycles. The third-order valence-electron chi connectivity index (χ3n) is 3.12. The van der Waals surface area contributed by atoms with Gasteiger partial charge in [-0.05, 0) is 19.4 Å². The van der Waals surface area contributed by atoms with Crippen LogP contribution >= 0.6 is 0 Å².